The average Bonchev–Trinajstić information content (AvgIpc) is 3.54. The second-order valence-electron chi connectivity index (χ2n) is 10.2. The topological polar surface area (TPSA) is 107 Å². The van der Waals surface area contributed by atoms with Gasteiger partial charge in [-0.2, -0.15) is 0 Å². The highest BCUT2D eigenvalue weighted by molar-refractivity contribution is 9.09. The van der Waals surface area contributed by atoms with E-state index in [2.05, 4.69) is 22.5 Å². The van der Waals surface area contributed by atoms with Gasteiger partial charge in [-0.25, -0.2) is 0 Å². The molecule has 2 bridgehead atoms. The summed E-state index contributed by atoms with van der Waals surface area (Å²) in [5, 5.41) is 20.4. The molecule has 8 nitrogen and oxygen atoms in total. The van der Waals surface area contributed by atoms with E-state index in [1.165, 1.54) is 16.7 Å². The minimum atomic E-state index is -1.04. The normalized spacial score (nSPS) is 29.7. The molecule has 2 N–H and O–H groups in total. The van der Waals surface area contributed by atoms with E-state index in [1.807, 2.05) is 30.3 Å². The molecule has 206 valence electrons. The van der Waals surface area contributed by atoms with E-state index in [0.29, 0.717) is 24.3 Å². The molecule has 0 aliphatic carbocycles. The van der Waals surface area contributed by atoms with Gasteiger partial charge in [0, 0.05) is 22.3 Å². The molecule has 0 saturated carbocycles. The average molecular weight is 616 g/mol. The third-order valence-electron chi connectivity index (χ3n) is 8.13. The van der Waals surface area contributed by atoms with Crippen LogP contribution in [-0.4, -0.2) is 80.1 Å². The molecule has 3 aliphatic heterocycles. The molecule has 0 radical (unpaired) electrons. The Balaban J connectivity index is 1.61. The number of carbonyl (C=O) groups excluding carboxylic acids is 2. The van der Waals surface area contributed by atoms with Crippen molar-refractivity contribution in [2.24, 2.45) is 11.8 Å². The van der Waals surface area contributed by atoms with Crippen LogP contribution in [0.5, 0.6) is 5.75 Å². The second kappa shape index (κ2) is 11.0. The number of benzene rings is 2. The van der Waals surface area contributed by atoms with Gasteiger partial charge in [-0.1, -0.05) is 52.3 Å². The second-order valence-corrected chi connectivity index (χ2v) is 12.9. The molecule has 7 atom stereocenters. The number of likely N-dealkylation sites (tertiary alicyclic amines) is 1. The van der Waals surface area contributed by atoms with Crippen LogP contribution < -0.4 is 9.64 Å². The van der Waals surface area contributed by atoms with Crippen LogP contribution in [0.25, 0.3) is 0 Å². The van der Waals surface area contributed by atoms with E-state index in [4.69, 9.17) is 4.74 Å². The molecule has 3 heterocycles. The van der Waals surface area contributed by atoms with Crippen molar-refractivity contribution in [3.05, 3.63) is 72.8 Å². The first-order chi connectivity index (χ1) is 18.8. The van der Waals surface area contributed by atoms with Crippen LogP contribution in [0, 0.1) is 11.8 Å². The number of fused-ring (bicyclic) bond motifs is 1. The third-order valence-corrected chi connectivity index (χ3v) is 11.3. The highest BCUT2D eigenvalue weighted by Gasteiger charge is 2.76. The summed E-state index contributed by atoms with van der Waals surface area (Å²) < 4.78 is 4.34. The van der Waals surface area contributed by atoms with Gasteiger partial charge < -0.3 is 24.7 Å². The molecular weight excluding hydrogens is 584 g/mol. The lowest BCUT2D eigenvalue weighted by atomic mass is 9.71. The fraction of sp³-hybridized carbons (Fsp3) is 0.414. The number of nitrogens with zero attached hydrogens (tertiary/aromatic N) is 2. The van der Waals surface area contributed by atoms with Crippen LogP contribution in [0.1, 0.15) is 12.0 Å². The van der Waals surface area contributed by atoms with E-state index in [0.717, 1.165) is 5.56 Å². The van der Waals surface area contributed by atoms with Gasteiger partial charge in [0.1, 0.15) is 11.8 Å². The van der Waals surface area contributed by atoms with Gasteiger partial charge in [0.05, 0.1) is 36.3 Å². The van der Waals surface area contributed by atoms with Crippen molar-refractivity contribution >= 4 is 51.2 Å². The molecule has 2 aromatic rings. The van der Waals surface area contributed by atoms with Gasteiger partial charge in [0.25, 0.3) is 5.91 Å². The van der Waals surface area contributed by atoms with Crippen LogP contribution in [0.15, 0.2) is 67.3 Å². The highest BCUT2D eigenvalue weighted by atomic mass is 79.9. The summed E-state index contributed by atoms with van der Waals surface area (Å²) in [5.41, 5.74) is 1.52. The predicted molar refractivity (Wildman–Crippen MR) is 153 cm³/mol. The number of carbonyl (C=O) groups is 3. The Morgan fingerprint density at radius 1 is 1.26 bits per heavy atom. The summed E-state index contributed by atoms with van der Waals surface area (Å²) in [6, 6.07) is 14.9. The Bertz CT molecular complexity index is 1260. The number of rotatable bonds is 10. The smallest absolute Gasteiger partial charge is 0.308 e. The van der Waals surface area contributed by atoms with Gasteiger partial charge in [0.15, 0.2) is 0 Å². The van der Waals surface area contributed by atoms with Crippen molar-refractivity contribution in [1.29, 1.82) is 0 Å². The van der Waals surface area contributed by atoms with Crippen LogP contribution in [0.4, 0.5) is 5.69 Å². The number of methoxy groups -OCH3 is 1. The summed E-state index contributed by atoms with van der Waals surface area (Å²) in [6.07, 6.45) is 2.44. The van der Waals surface area contributed by atoms with Crippen molar-refractivity contribution in [2.75, 3.05) is 25.2 Å². The summed E-state index contributed by atoms with van der Waals surface area (Å²) in [7, 11) is 1.56. The maximum absolute atomic E-state index is 14.6. The molecule has 3 saturated heterocycles. The molecule has 2 aromatic carbocycles. The number of aliphatic hydroxyl groups excluding tert-OH is 1. The van der Waals surface area contributed by atoms with Crippen LogP contribution in [0.2, 0.25) is 0 Å². The lowest BCUT2D eigenvalue weighted by Crippen LogP contribution is -2.58. The van der Waals surface area contributed by atoms with E-state index < -0.39 is 34.6 Å². The molecule has 3 aliphatic rings. The number of hydrogen-bond donors (Lipinski definition) is 2. The highest BCUT2D eigenvalue weighted by Crippen LogP contribution is 2.68. The predicted octanol–water partition coefficient (Wildman–Crippen LogP) is 3.37. The number of ether oxygens (including phenoxy) is 1. The molecule has 2 amide bonds. The minimum Gasteiger partial charge on any atom is -0.497 e. The fourth-order valence-corrected chi connectivity index (χ4v) is 10.1. The summed E-state index contributed by atoms with van der Waals surface area (Å²) in [6.45, 7) is 3.68. The van der Waals surface area contributed by atoms with Crippen molar-refractivity contribution < 1.29 is 29.3 Å². The maximum Gasteiger partial charge on any atom is 0.308 e. The fourth-order valence-electron chi connectivity index (χ4n) is 6.52. The molecular formula is C29H31BrN2O6S. The van der Waals surface area contributed by atoms with Gasteiger partial charge >= 0.3 is 5.97 Å². The Labute approximate surface area is 240 Å². The van der Waals surface area contributed by atoms with E-state index >= 15 is 0 Å². The van der Waals surface area contributed by atoms with E-state index in [1.54, 1.807) is 42.4 Å². The van der Waals surface area contributed by atoms with Crippen molar-refractivity contribution in [2.45, 2.75) is 39.7 Å². The standard InChI is InChI=1S/C29H31BrN2O6S/c1-3-13-31(18-9-11-20(38-2)12-10-18)27(35)25-29-15-21(30)24(39-29)22(28(36)37)23(29)26(34)32(25)19(16-33)14-17-7-5-4-6-8-17/h3-12,19,21-25,33H,1,13-16H2,2H3,(H,36,37)/t19-,21?,22-,23+,24-,25?,29?/m1/s1. The molecule has 10 heteroatoms. The molecule has 0 aromatic heterocycles. The van der Waals surface area contributed by atoms with Crippen molar-refractivity contribution in [3.8, 4) is 5.75 Å². The number of alkyl halides is 1. The summed E-state index contributed by atoms with van der Waals surface area (Å²) in [5.74, 6) is -2.88. The first-order valence-electron chi connectivity index (χ1n) is 12.8. The SMILES string of the molecule is C=CCN(C(=O)C1N([C@@H](CO)Cc2ccccc2)C(=O)[C@@H]2[C@@H](C(=O)O)[C@@H]3SC12CC3Br)c1ccc(OC)cc1. The lowest BCUT2D eigenvalue weighted by Gasteiger charge is -2.40. The number of halogens is 1. The number of carboxylic acid groups (broad SMARTS) is 1. The Morgan fingerprint density at radius 2 is 1.95 bits per heavy atom. The number of thioether (sulfide) groups is 1. The monoisotopic (exact) mass is 614 g/mol. The number of carboxylic acids is 1. The number of aliphatic hydroxyl groups is 1. The Hall–Kier alpha value is -2.82. The Kier molecular flexibility index (Phi) is 7.81. The summed E-state index contributed by atoms with van der Waals surface area (Å²) in [4.78, 5) is 44.2. The zero-order chi connectivity index (χ0) is 27.9. The van der Waals surface area contributed by atoms with Crippen molar-refractivity contribution in [3.63, 3.8) is 0 Å². The molecule has 39 heavy (non-hydrogen) atoms. The van der Waals surface area contributed by atoms with Gasteiger partial charge in [-0.3, -0.25) is 14.4 Å². The summed E-state index contributed by atoms with van der Waals surface area (Å²) >= 11 is 5.11. The molecule has 3 unspecified atom stereocenters. The van der Waals surface area contributed by atoms with E-state index in [-0.39, 0.29) is 35.0 Å². The minimum absolute atomic E-state index is 0.154. The molecule has 1 spiro atoms. The first-order valence-corrected chi connectivity index (χ1v) is 14.6. The zero-order valence-corrected chi connectivity index (χ0v) is 23.9. The van der Waals surface area contributed by atoms with Crippen LogP contribution in [0.3, 0.4) is 0 Å². The third kappa shape index (κ3) is 4.56. The maximum atomic E-state index is 14.6. The van der Waals surface area contributed by atoms with Gasteiger partial charge in [-0.15, -0.1) is 18.3 Å². The van der Waals surface area contributed by atoms with Crippen molar-refractivity contribution in [1.82, 2.24) is 4.90 Å². The number of anilines is 1. The quantitative estimate of drug-likeness (QED) is 0.312. The van der Waals surface area contributed by atoms with Crippen LogP contribution >= 0.6 is 27.7 Å². The number of aliphatic carboxylic acids is 1. The largest absolute Gasteiger partial charge is 0.497 e. The molecule has 3 fully saturated rings. The van der Waals surface area contributed by atoms with Crippen LogP contribution in [-0.2, 0) is 20.8 Å². The number of hydrogen-bond acceptors (Lipinski definition) is 6. The van der Waals surface area contributed by atoms with Gasteiger partial charge in [-0.05, 0) is 42.7 Å². The first kappa shape index (κ1) is 27.7. The van der Waals surface area contributed by atoms with E-state index in [9.17, 15) is 24.6 Å². The Morgan fingerprint density at radius 3 is 2.54 bits per heavy atom. The molecule has 5 rings (SSSR count). The van der Waals surface area contributed by atoms with Gasteiger partial charge in [0.2, 0.25) is 5.91 Å². The lowest BCUT2D eigenvalue weighted by molar-refractivity contribution is -0.149. The zero-order valence-electron chi connectivity index (χ0n) is 21.5. The number of amides is 2.